The van der Waals surface area contributed by atoms with Crippen molar-refractivity contribution in [3.8, 4) is 5.75 Å². The quantitative estimate of drug-likeness (QED) is 0.356. The monoisotopic (exact) mass is 509 g/mol. The van der Waals surface area contributed by atoms with E-state index in [2.05, 4.69) is 5.10 Å². The summed E-state index contributed by atoms with van der Waals surface area (Å²) < 4.78 is 41.6. The highest BCUT2D eigenvalue weighted by atomic mass is 19.2. The Bertz CT molecular complexity index is 1390. The smallest absolute Gasteiger partial charge is 0.308 e. The molecule has 0 bridgehead atoms. The fourth-order valence-electron chi connectivity index (χ4n) is 5.31. The lowest BCUT2D eigenvalue weighted by atomic mass is 9.79. The molecule has 8 nitrogen and oxygen atoms in total. The van der Waals surface area contributed by atoms with Gasteiger partial charge in [0.15, 0.2) is 17.3 Å². The van der Waals surface area contributed by atoms with Gasteiger partial charge in [-0.15, -0.1) is 0 Å². The van der Waals surface area contributed by atoms with Crippen molar-refractivity contribution in [2.75, 3.05) is 13.3 Å². The van der Waals surface area contributed by atoms with E-state index < -0.39 is 47.7 Å². The number of rotatable bonds is 7. The Labute approximate surface area is 211 Å². The number of carbonyl (C=O) groups is 2. The fraction of sp³-hybridized carbons (Fsp3) is 0.333. The van der Waals surface area contributed by atoms with Crippen LogP contribution in [-0.2, 0) is 9.53 Å². The van der Waals surface area contributed by atoms with Gasteiger partial charge < -0.3 is 14.4 Å². The molecular formula is C27H25F2N3O5. The maximum absolute atomic E-state index is 15.3. The van der Waals surface area contributed by atoms with E-state index in [4.69, 9.17) is 9.47 Å². The highest BCUT2D eigenvalue weighted by Crippen LogP contribution is 2.46. The number of fused-ring (bicyclic) bond motifs is 2. The molecular weight excluding hydrogens is 484 g/mol. The lowest BCUT2D eigenvalue weighted by Gasteiger charge is -2.42. The topological polar surface area (TPSA) is 90.7 Å². The van der Waals surface area contributed by atoms with Crippen LogP contribution in [0.25, 0.3) is 0 Å². The van der Waals surface area contributed by atoms with Crippen molar-refractivity contribution in [2.45, 2.75) is 44.2 Å². The normalized spacial score (nSPS) is 19.2. The number of ether oxygens (including phenoxy) is 2. The molecule has 0 radical (unpaired) electrons. The van der Waals surface area contributed by atoms with Crippen molar-refractivity contribution in [1.82, 2.24) is 14.7 Å². The lowest BCUT2D eigenvalue weighted by molar-refractivity contribution is -0.149. The minimum Gasteiger partial charge on any atom is -0.451 e. The number of hydrogen-bond acceptors (Lipinski definition) is 6. The third kappa shape index (κ3) is 4.36. The van der Waals surface area contributed by atoms with E-state index in [0.29, 0.717) is 24.9 Å². The molecule has 1 saturated heterocycles. The molecule has 5 rings (SSSR count). The van der Waals surface area contributed by atoms with E-state index in [1.165, 1.54) is 16.8 Å². The average Bonchev–Trinajstić information content (AvgIpc) is 3.40. The third-order valence-corrected chi connectivity index (χ3v) is 6.94. The van der Waals surface area contributed by atoms with Gasteiger partial charge in [0.25, 0.3) is 5.91 Å². The van der Waals surface area contributed by atoms with Gasteiger partial charge in [0.05, 0.1) is 18.3 Å². The Morgan fingerprint density at radius 3 is 2.68 bits per heavy atom. The molecule has 3 heterocycles. The Balaban J connectivity index is 1.70. The fourth-order valence-corrected chi connectivity index (χ4v) is 5.31. The number of hydrogen-bond donors (Lipinski definition) is 0. The zero-order chi connectivity index (χ0) is 26.1. The predicted octanol–water partition coefficient (Wildman–Crippen LogP) is 3.80. The average molecular weight is 510 g/mol. The maximum Gasteiger partial charge on any atom is 0.308 e. The first-order chi connectivity index (χ1) is 17.9. The summed E-state index contributed by atoms with van der Waals surface area (Å²) in [6.07, 6.45) is 2.46. The predicted molar refractivity (Wildman–Crippen MR) is 128 cm³/mol. The van der Waals surface area contributed by atoms with E-state index >= 15 is 4.39 Å². The van der Waals surface area contributed by atoms with Gasteiger partial charge in [0.1, 0.15) is 0 Å². The molecule has 37 heavy (non-hydrogen) atoms. The SMILES string of the molecule is CCC(=O)OCOc1c2n(ncc1=O)[C@@H](C(c1ccccc1)c1cccc(F)c1F)[C@H]1CCCN1C2=O. The summed E-state index contributed by atoms with van der Waals surface area (Å²) in [6, 6.07) is 12.0. The van der Waals surface area contributed by atoms with Crippen LogP contribution in [0.2, 0.25) is 0 Å². The molecule has 1 amide bonds. The van der Waals surface area contributed by atoms with E-state index in [1.807, 2.05) is 18.2 Å². The van der Waals surface area contributed by atoms with E-state index in [9.17, 15) is 18.8 Å². The Morgan fingerprint density at radius 2 is 1.92 bits per heavy atom. The van der Waals surface area contributed by atoms with Crippen molar-refractivity contribution in [3.05, 3.63) is 93.4 Å². The van der Waals surface area contributed by atoms with Crippen LogP contribution >= 0.6 is 0 Å². The number of amides is 1. The van der Waals surface area contributed by atoms with Crippen LogP contribution in [0.3, 0.4) is 0 Å². The molecule has 2 aliphatic rings. The van der Waals surface area contributed by atoms with E-state index in [-0.39, 0.29) is 29.5 Å². The molecule has 1 aromatic heterocycles. The molecule has 1 fully saturated rings. The Morgan fingerprint density at radius 1 is 1.14 bits per heavy atom. The first-order valence-electron chi connectivity index (χ1n) is 12.1. The number of carbonyl (C=O) groups excluding carboxylic acids is 2. The molecule has 0 saturated carbocycles. The van der Waals surface area contributed by atoms with Gasteiger partial charge in [0.2, 0.25) is 18.0 Å². The molecule has 0 spiro atoms. The molecule has 3 atom stereocenters. The summed E-state index contributed by atoms with van der Waals surface area (Å²) in [5.74, 6) is -3.99. The molecule has 0 N–H and O–H groups in total. The molecule has 3 aromatic rings. The second kappa shape index (κ2) is 10.1. The van der Waals surface area contributed by atoms with Gasteiger partial charge in [0, 0.05) is 24.4 Å². The summed E-state index contributed by atoms with van der Waals surface area (Å²) in [7, 11) is 0. The second-order valence-corrected chi connectivity index (χ2v) is 8.99. The second-order valence-electron chi connectivity index (χ2n) is 8.99. The molecule has 2 aliphatic heterocycles. The van der Waals surface area contributed by atoms with E-state index in [1.54, 1.807) is 24.0 Å². The summed E-state index contributed by atoms with van der Waals surface area (Å²) in [6.45, 7) is 1.49. The van der Waals surface area contributed by atoms with Gasteiger partial charge in [-0.05, 0) is 24.5 Å². The molecule has 2 aromatic carbocycles. The minimum absolute atomic E-state index is 0.110. The van der Waals surface area contributed by atoms with Crippen molar-refractivity contribution < 1.29 is 27.8 Å². The van der Waals surface area contributed by atoms with E-state index in [0.717, 1.165) is 12.3 Å². The minimum atomic E-state index is -0.983. The summed E-state index contributed by atoms with van der Waals surface area (Å²) in [5, 5.41) is 4.31. The van der Waals surface area contributed by atoms with Crippen molar-refractivity contribution in [3.63, 3.8) is 0 Å². The Hall–Kier alpha value is -4.08. The number of benzene rings is 2. The standard InChI is InChI=1S/C27H25F2N3O5/c1-2-21(34)36-15-37-26-20(33)14-30-32-24(19-12-7-13-31(19)27(35)25(26)32)22(16-8-4-3-5-9-16)17-10-6-11-18(28)23(17)29/h3-6,8-11,14,19,22,24H,2,7,12-13,15H2,1H3/t19-,22?,24-/m1/s1. The maximum atomic E-state index is 15.3. The molecule has 0 aliphatic carbocycles. The van der Waals surface area contributed by atoms with Gasteiger partial charge in [-0.25, -0.2) is 8.78 Å². The van der Waals surface area contributed by atoms with Gasteiger partial charge in [-0.3, -0.25) is 19.1 Å². The summed E-state index contributed by atoms with van der Waals surface area (Å²) in [5.41, 5.74) is 0.0462. The highest BCUT2D eigenvalue weighted by molar-refractivity contribution is 5.96. The van der Waals surface area contributed by atoms with Gasteiger partial charge >= 0.3 is 5.97 Å². The first-order valence-corrected chi connectivity index (χ1v) is 12.1. The zero-order valence-corrected chi connectivity index (χ0v) is 20.1. The van der Waals surface area contributed by atoms with Crippen molar-refractivity contribution in [1.29, 1.82) is 0 Å². The van der Waals surface area contributed by atoms with Gasteiger partial charge in [-0.1, -0.05) is 49.4 Å². The van der Waals surface area contributed by atoms with Gasteiger partial charge in [-0.2, -0.15) is 5.10 Å². The highest BCUT2D eigenvalue weighted by Gasteiger charge is 2.48. The van der Waals surface area contributed by atoms with Crippen LogP contribution in [0, 0.1) is 11.6 Å². The number of esters is 1. The largest absolute Gasteiger partial charge is 0.451 e. The summed E-state index contributed by atoms with van der Waals surface area (Å²) >= 11 is 0. The zero-order valence-electron chi connectivity index (χ0n) is 20.1. The lowest BCUT2D eigenvalue weighted by Crippen LogP contribution is -2.51. The van der Waals surface area contributed by atoms with Crippen LogP contribution in [0.15, 0.2) is 59.5 Å². The van der Waals surface area contributed by atoms with Crippen LogP contribution in [0.5, 0.6) is 5.75 Å². The molecule has 1 unspecified atom stereocenters. The molecule has 192 valence electrons. The third-order valence-electron chi connectivity index (χ3n) is 6.94. The first kappa shape index (κ1) is 24.6. The van der Waals surface area contributed by atoms with Crippen LogP contribution in [0.4, 0.5) is 8.78 Å². The number of aromatic nitrogens is 2. The van der Waals surface area contributed by atoms with Crippen LogP contribution < -0.4 is 10.2 Å². The molecule has 10 heteroatoms. The summed E-state index contributed by atoms with van der Waals surface area (Å²) in [4.78, 5) is 39.6. The number of halogens is 2. The van der Waals surface area contributed by atoms with Crippen molar-refractivity contribution in [2.24, 2.45) is 0 Å². The van der Waals surface area contributed by atoms with Crippen LogP contribution in [0.1, 0.15) is 59.8 Å². The van der Waals surface area contributed by atoms with Crippen LogP contribution in [-0.4, -0.2) is 45.9 Å². The Kier molecular flexibility index (Phi) is 6.73. The van der Waals surface area contributed by atoms with Crippen molar-refractivity contribution >= 4 is 11.9 Å². The number of nitrogens with zero attached hydrogens (tertiary/aromatic N) is 3.